The molecule has 1 aromatic rings. The first-order valence-electron chi connectivity index (χ1n) is 6.23. The summed E-state index contributed by atoms with van der Waals surface area (Å²) in [5, 5.41) is 0. The van der Waals surface area contributed by atoms with Crippen LogP contribution in [0.2, 0.25) is 0 Å². The summed E-state index contributed by atoms with van der Waals surface area (Å²) in [5.74, 6) is 0.164. The van der Waals surface area contributed by atoms with Crippen LogP contribution in [0.3, 0.4) is 0 Å². The molecule has 1 rings (SSSR count). The minimum absolute atomic E-state index is 0.164. The Bertz CT molecular complexity index is 392. The molecule has 0 heterocycles. The van der Waals surface area contributed by atoms with E-state index in [2.05, 4.69) is 0 Å². The van der Waals surface area contributed by atoms with Crippen LogP contribution < -0.4 is 5.73 Å². The SMILES string of the molecule is CCN(CCC(N)=S)C(=O)CCc1ccccc1. The van der Waals surface area contributed by atoms with E-state index in [9.17, 15) is 4.79 Å². The molecule has 0 saturated heterocycles. The van der Waals surface area contributed by atoms with Gasteiger partial charge in [0, 0.05) is 25.9 Å². The summed E-state index contributed by atoms with van der Waals surface area (Å²) in [5.41, 5.74) is 6.65. The van der Waals surface area contributed by atoms with Gasteiger partial charge in [0.15, 0.2) is 0 Å². The molecule has 0 radical (unpaired) electrons. The number of rotatable bonds is 7. The van der Waals surface area contributed by atoms with Crippen molar-refractivity contribution in [2.75, 3.05) is 13.1 Å². The molecule has 0 unspecified atom stereocenters. The Kier molecular flexibility index (Phi) is 6.36. The van der Waals surface area contributed by atoms with Gasteiger partial charge in [0.25, 0.3) is 0 Å². The maximum absolute atomic E-state index is 12.0. The molecule has 3 nitrogen and oxygen atoms in total. The highest BCUT2D eigenvalue weighted by molar-refractivity contribution is 7.80. The van der Waals surface area contributed by atoms with E-state index in [0.29, 0.717) is 30.9 Å². The molecule has 2 N–H and O–H groups in total. The Morgan fingerprint density at radius 1 is 1.28 bits per heavy atom. The lowest BCUT2D eigenvalue weighted by Crippen LogP contribution is -2.33. The van der Waals surface area contributed by atoms with Crippen molar-refractivity contribution in [2.45, 2.75) is 26.2 Å². The highest BCUT2D eigenvalue weighted by Crippen LogP contribution is 2.05. The van der Waals surface area contributed by atoms with Crippen molar-refractivity contribution in [3.8, 4) is 0 Å². The fourth-order valence-corrected chi connectivity index (χ4v) is 1.85. The van der Waals surface area contributed by atoms with Gasteiger partial charge in [-0.3, -0.25) is 4.79 Å². The first-order valence-corrected chi connectivity index (χ1v) is 6.64. The quantitative estimate of drug-likeness (QED) is 0.768. The van der Waals surface area contributed by atoms with Gasteiger partial charge in [-0.2, -0.15) is 0 Å². The lowest BCUT2D eigenvalue weighted by atomic mass is 10.1. The fraction of sp³-hybridized carbons (Fsp3) is 0.429. The Hall–Kier alpha value is -1.42. The van der Waals surface area contributed by atoms with Crippen LogP contribution >= 0.6 is 12.2 Å². The lowest BCUT2D eigenvalue weighted by Gasteiger charge is -2.20. The van der Waals surface area contributed by atoms with Crippen LogP contribution in [0.4, 0.5) is 0 Å². The third-order valence-electron chi connectivity index (χ3n) is 2.83. The summed E-state index contributed by atoms with van der Waals surface area (Å²) < 4.78 is 0. The predicted octanol–water partition coefficient (Wildman–Crippen LogP) is 2.14. The standard InChI is InChI=1S/C14H20N2OS/c1-2-16(11-10-13(15)18)14(17)9-8-12-6-4-3-5-7-12/h3-7H,2,8-11H2,1H3,(H2,15,18). The average molecular weight is 264 g/mol. The highest BCUT2D eigenvalue weighted by atomic mass is 32.1. The van der Waals surface area contributed by atoms with Gasteiger partial charge in [0.2, 0.25) is 5.91 Å². The topological polar surface area (TPSA) is 46.3 Å². The normalized spacial score (nSPS) is 10.1. The van der Waals surface area contributed by atoms with Crippen LogP contribution in [0.1, 0.15) is 25.3 Å². The van der Waals surface area contributed by atoms with Gasteiger partial charge in [-0.05, 0) is 18.9 Å². The Balaban J connectivity index is 2.40. The van der Waals surface area contributed by atoms with E-state index in [1.54, 1.807) is 0 Å². The molecule has 0 spiro atoms. The van der Waals surface area contributed by atoms with E-state index < -0.39 is 0 Å². The minimum Gasteiger partial charge on any atom is -0.393 e. The molecule has 0 saturated carbocycles. The molecule has 0 aliphatic rings. The summed E-state index contributed by atoms with van der Waals surface area (Å²) in [6.07, 6.45) is 1.92. The van der Waals surface area contributed by atoms with Crippen LogP contribution in [0.5, 0.6) is 0 Å². The molecule has 1 aromatic carbocycles. The first-order chi connectivity index (χ1) is 8.63. The van der Waals surface area contributed by atoms with Gasteiger partial charge in [-0.15, -0.1) is 0 Å². The van der Waals surface area contributed by atoms with Crippen LogP contribution in [-0.4, -0.2) is 28.9 Å². The molecular formula is C14H20N2OS. The molecular weight excluding hydrogens is 244 g/mol. The number of carbonyl (C=O) groups excluding carboxylic acids is 1. The number of benzene rings is 1. The van der Waals surface area contributed by atoms with E-state index in [0.717, 1.165) is 6.42 Å². The Morgan fingerprint density at radius 2 is 1.94 bits per heavy atom. The Labute approximate surface area is 114 Å². The number of nitrogens with zero attached hydrogens (tertiary/aromatic N) is 1. The van der Waals surface area contributed by atoms with Crippen LogP contribution in [-0.2, 0) is 11.2 Å². The second-order valence-corrected chi connectivity index (χ2v) is 4.70. The van der Waals surface area contributed by atoms with E-state index in [1.165, 1.54) is 5.56 Å². The van der Waals surface area contributed by atoms with Gasteiger partial charge in [0.1, 0.15) is 0 Å². The van der Waals surface area contributed by atoms with Gasteiger partial charge >= 0.3 is 0 Å². The summed E-state index contributed by atoms with van der Waals surface area (Å²) in [7, 11) is 0. The number of nitrogens with two attached hydrogens (primary N) is 1. The van der Waals surface area contributed by atoms with Crippen molar-refractivity contribution >= 4 is 23.1 Å². The van der Waals surface area contributed by atoms with Crippen LogP contribution in [0.15, 0.2) is 30.3 Å². The monoisotopic (exact) mass is 264 g/mol. The molecule has 0 aliphatic carbocycles. The van der Waals surface area contributed by atoms with Gasteiger partial charge in [-0.25, -0.2) is 0 Å². The highest BCUT2D eigenvalue weighted by Gasteiger charge is 2.11. The van der Waals surface area contributed by atoms with Gasteiger partial charge < -0.3 is 10.6 Å². The molecule has 0 atom stereocenters. The summed E-state index contributed by atoms with van der Waals surface area (Å²) in [6, 6.07) is 10.0. The number of amides is 1. The number of hydrogen-bond donors (Lipinski definition) is 1. The molecule has 0 aromatic heterocycles. The third-order valence-corrected chi connectivity index (χ3v) is 3.04. The number of aryl methyl sites for hydroxylation is 1. The molecule has 0 aliphatic heterocycles. The third kappa shape index (κ3) is 5.27. The zero-order valence-corrected chi connectivity index (χ0v) is 11.6. The van der Waals surface area contributed by atoms with Crippen molar-refractivity contribution in [1.82, 2.24) is 4.90 Å². The molecule has 4 heteroatoms. The smallest absolute Gasteiger partial charge is 0.222 e. The van der Waals surface area contributed by atoms with E-state index in [4.69, 9.17) is 18.0 Å². The summed E-state index contributed by atoms with van der Waals surface area (Å²) in [6.45, 7) is 3.30. The van der Waals surface area contributed by atoms with E-state index >= 15 is 0 Å². The van der Waals surface area contributed by atoms with Gasteiger partial charge in [-0.1, -0.05) is 42.5 Å². The minimum atomic E-state index is 0.164. The molecule has 18 heavy (non-hydrogen) atoms. The molecule has 98 valence electrons. The van der Waals surface area contributed by atoms with E-state index in [-0.39, 0.29) is 5.91 Å². The van der Waals surface area contributed by atoms with Crippen molar-refractivity contribution < 1.29 is 4.79 Å². The zero-order valence-electron chi connectivity index (χ0n) is 10.8. The summed E-state index contributed by atoms with van der Waals surface area (Å²) in [4.78, 5) is 14.3. The average Bonchev–Trinajstić information content (AvgIpc) is 2.38. The zero-order chi connectivity index (χ0) is 13.4. The van der Waals surface area contributed by atoms with Crippen molar-refractivity contribution in [3.63, 3.8) is 0 Å². The van der Waals surface area contributed by atoms with Crippen molar-refractivity contribution in [3.05, 3.63) is 35.9 Å². The Morgan fingerprint density at radius 3 is 2.50 bits per heavy atom. The second kappa shape index (κ2) is 7.82. The number of thiocarbonyl (C=S) groups is 1. The molecule has 1 amide bonds. The van der Waals surface area contributed by atoms with Crippen molar-refractivity contribution in [1.29, 1.82) is 0 Å². The maximum atomic E-state index is 12.0. The lowest BCUT2D eigenvalue weighted by molar-refractivity contribution is -0.130. The number of carbonyl (C=O) groups is 1. The first kappa shape index (κ1) is 14.6. The molecule has 0 bridgehead atoms. The maximum Gasteiger partial charge on any atom is 0.222 e. The molecule has 0 fully saturated rings. The largest absolute Gasteiger partial charge is 0.393 e. The fourth-order valence-electron chi connectivity index (χ4n) is 1.76. The van der Waals surface area contributed by atoms with Crippen LogP contribution in [0, 0.1) is 0 Å². The van der Waals surface area contributed by atoms with Gasteiger partial charge in [0.05, 0.1) is 4.99 Å². The number of hydrogen-bond acceptors (Lipinski definition) is 2. The predicted molar refractivity (Wildman–Crippen MR) is 78.4 cm³/mol. The van der Waals surface area contributed by atoms with Crippen molar-refractivity contribution in [2.24, 2.45) is 5.73 Å². The van der Waals surface area contributed by atoms with Crippen LogP contribution in [0.25, 0.3) is 0 Å². The summed E-state index contributed by atoms with van der Waals surface area (Å²) >= 11 is 4.83. The van der Waals surface area contributed by atoms with E-state index in [1.807, 2.05) is 42.2 Å². The second-order valence-electron chi connectivity index (χ2n) is 4.18.